The number of hydrogen-bond donors (Lipinski definition) is 0. The van der Waals surface area contributed by atoms with Gasteiger partial charge in [-0.1, -0.05) is 0 Å². The van der Waals surface area contributed by atoms with Gasteiger partial charge >= 0.3 is 11.9 Å². The largest absolute Gasteiger partial charge is 0.393 e. The average Bonchev–Trinajstić information content (AvgIpc) is 2.81. The van der Waals surface area contributed by atoms with Crippen LogP contribution in [-0.2, 0) is 27.2 Å². The van der Waals surface area contributed by atoms with Crippen LogP contribution in [-0.4, -0.2) is 11.9 Å². The Morgan fingerprint density at radius 1 is 1.25 bits per heavy atom. The maximum atomic E-state index is 11.5. The standard InChI is InChI=1S/C12H12O3S/c13-11-5-8(12(14)15-11)9-6-16-10-4-2-1-3-7(9)10/h6,8H,1-5H2. The van der Waals surface area contributed by atoms with Crippen LogP contribution < -0.4 is 0 Å². The summed E-state index contributed by atoms with van der Waals surface area (Å²) in [6.45, 7) is 0. The molecule has 0 amide bonds. The first-order valence-corrected chi connectivity index (χ1v) is 6.47. The predicted molar refractivity (Wildman–Crippen MR) is 59.4 cm³/mol. The molecule has 4 heteroatoms. The lowest BCUT2D eigenvalue weighted by atomic mass is 9.89. The summed E-state index contributed by atoms with van der Waals surface area (Å²) in [5.74, 6) is -1.08. The first-order chi connectivity index (χ1) is 7.75. The first-order valence-electron chi connectivity index (χ1n) is 5.59. The number of aryl methyl sites for hydroxylation is 1. The zero-order chi connectivity index (χ0) is 11.1. The van der Waals surface area contributed by atoms with Crippen molar-refractivity contribution in [3.05, 3.63) is 21.4 Å². The lowest BCUT2D eigenvalue weighted by Crippen LogP contribution is -2.09. The van der Waals surface area contributed by atoms with Gasteiger partial charge in [-0.2, -0.15) is 0 Å². The maximum absolute atomic E-state index is 11.5. The Labute approximate surface area is 97.4 Å². The Bertz CT molecular complexity index is 461. The molecule has 1 aliphatic carbocycles. The number of carbonyl (C=O) groups is 2. The number of ether oxygens (including phenoxy) is 1. The van der Waals surface area contributed by atoms with E-state index in [1.54, 1.807) is 11.3 Å². The second kappa shape index (κ2) is 3.70. The number of cyclic esters (lactones) is 2. The van der Waals surface area contributed by atoms with Crippen LogP contribution in [0.5, 0.6) is 0 Å². The molecule has 1 aromatic rings. The Morgan fingerprint density at radius 2 is 2.06 bits per heavy atom. The molecular weight excluding hydrogens is 224 g/mol. The zero-order valence-corrected chi connectivity index (χ0v) is 9.64. The molecule has 1 aliphatic heterocycles. The number of thiophene rings is 1. The van der Waals surface area contributed by atoms with E-state index in [9.17, 15) is 9.59 Å². The molecule has 0 radical (unpaired) electrons. The van der Waals surface area contributed by atoms with Crippen LogP contribution in [0.2, 0.25) is 0 Å². The summed E-state index contributed by atoms with van der Waals surface area (Å²) in [6, 6.07) is 0. The van der Waals surface area contributed by atoms with E-state index in [2.05, 4.69) is 4.74 Å². The molecule has 3 nitrogen and oxygen atoms in total. The molecule has 84 valence electrons. The quantitative estimate of drug-likeness (QED) is 0.554. The molecular formula is C12H12O3S. The summed E-state index contributed by atoms with van der Waals surface area (Å²) in [7, 11) is 0. The molecule has 0 spiro atoms. The van der Waals surface area contributed by atoms with Gasteiger partial charge in [0.2, 0.25) is 0 Å². The van der Waals surface area contributed by atoms with Crippen LogP contribution in [0.3, 0.4) is 0 Å². The van der Waals surface area contributed by atoms with Gasteiger partial charge in [-0.25, -0.2) is 0 Å². The fourth-order valence-electron chi connectivity index (χ4n) is 2.52. The Kier molecular flexibility index (Phi) is 2.32. The summed E-state index contributed by atoms with van der Waals surface area (Å²) in [6.07, 6.45) is 4.82. The van der Waals surface area contributed by atoms with E-state index in [0.29, 0.717) is 0 Å². The highest BCUT2D eigenvalue weighted by Gasteiger charge is 2.37. The van der Waals surface area contributed by atoms with Crippen molar-refractivity contribution in [2.45, 2.75) is 38.0 Å². The second-order valence-corrected chi connectivity index (χ2v) is 5.31. The summed E-state index contributed by atoms with van der Waals surface area (Å²) in [4.78, 5) is 24.0. The van der Waals surface area contributed by atoms with Crippen LogP contribution in [0, 0.1) is 0 Å². The van der Waals surface area contributed by atoms with Crippen molar-refractivity contribution in [1.29, 1.82) is 0 Å². The van der Waals surface area contributed by atoms with Crippen molar-refractivity contribution in [2.24, 2.45) is 0 Å². The van der Waals surface area contributed by atoms with Gasteiger partial charge in [0.15, 0.2) is 0 Å². The van der Waals surface area contributed by atoms with Gasteiger partial charge < -0.3 is 4.74 Å². The Morgan fingerprint density at radius 3 is 2.81 bits per heavy atom. The summed E-state index contributed by atoms with van der Waals surface area (Å²) in [5, 5.41) is 2.04. The molecule has 1 unspecified atom stereocenters. The SMILES string of the molecule is O=C1CC(c2csc3c2CCCC3)C(=O)O1. The van der Waals surface area contributed by atoms with E-state index in [1.165, 1.54) is 23.3 Å². The molecule has 2 aliphatic rings. The maximum Gasteiger partial charge on any atom is 0.321 e. The van der Waals surface area contributed by atoms with Crippen molar-refractivity contribution in [3.8, 4) is 0 Å². The van der Waals surface area contributed by atoms with Crippen LogP contribution in [0.1, 0.15) is 41.2 Å². The van der Waals surface area contributed by atoms with Crippen molar-refractivity contribution in [1.82, 2.24) is 0 Å². The van der Waals surface area contributed by atoms with Crippen molar-refractivity contribution in [2.75, 3.05) is 0 Å². The van der Waals surface area contributed by atoms with Gasteiger partial charge in [0.25, 0.3) is 0 Å². The van der Waals surface area contributed by atoms with E-state index in [-0.39, 0.29) is 24.3 Å². The van der Waals surface area contributed by atoms with Crippen molar-refractivity contribution < 1.29 is 14.3 Å². The lowest BCUT2D eigenvalue weighted by molar-refractivity contribution is -0.152. The molecule has 0 aromatic carbocycles. The highest BCUT2D eigenvalue weighted by Crippen LogP contribution is 2.38. The fraction of sp³-hybridized carbons (Fsp3) is 0.500. The number of rotatable bonds is 1. The topological polar surface area (TPSA) is 43.4 Å². The van der Waals surface area contributed by atoms with E-state index < -0.39 is 0 Å². The van der Waals surface area contributed by atoms with Gasteiger partial charge in [-0.05, 0) is 42.2 Å². The van der Waals surface area contributed by atoms with Gasteiger partial charge in [-0.15, -0.1) is 11.3 Å². The summed E-state index contributed by atoms with van der Waals surface area (Å²) in [5.41, 5.74) is 2.36. The fourth-order valence-corrected chi connectivity index (χ4v) is 3.72. The number of hydrogen-bond acceptors (Lipinski definition) is 4. The zero-order valence-electron chi connectivity index (χ0n) is 8.82. The van der Waals surface area contributed by atoms with Crippen molar-refractivity contribution >= 4 is 23.3 Å². The van der Waals surface area contributed by atoms with Crippen LogP contribution in [0.15, 0.2) is 5.38 Å². The third kappa shape index (κ3) is 1.48. The molecule has 1 atom stereocenters. The Hall–Kier alpha value is -1.16. The monoisotopic (exact) mass is 236 g/mol. The highest BCUT2D eigenvalue weighted by molar-refractivity contribution is 7.10. The van der Waals surface area contributed by atoms with Crippen LogP contribution >= 0.6 is 11.3 Å². The number of fused-ring (bicyclic) bond motifs is 1. The normalized spacial score (nSPS) is 24.4. The van der Waals surface area contributed by atoms with Gasteiger partial charge in [0.05, 0.1) is 12.3 Å². The van der Waals surface area contributed by atoms with E-state index in [1.807, 2.05) is 5.38 Å². The minimum atomic E-state index is -0.384. The lowest BCUT2D eigenvalue weighted by Gasteiger charge is -2.14. The molecule has 0 bridgehead atoms. The van der Waals surface area contributed by atoms with E-state index >= 15 is 0 Å². The van der Waals surface area contributed by atoms with Crippen molar-refractivity contribution in [3.63, 3.8) is 0 Å². The molecule has 2 heterocycles. The molecule has 0 N–H and O–H groups in total. The van der Waals surface area contributed by atoms with Crippen LogP contribution in [0.25, 0.3) is 0 Å². The number of esters is 2. The van der Waals surface area contributed by atoms with Crippen LogP contribution in [0.4, 0.5) is 0 Å². The number of carbonyl (C=O) groups excluding carboxylic acids is 2. The minimum Gasteiger partial charge on any atom is -0.393 e. The third-order valence-electron chi connectivity index (χ3n) is 3.34. The molecule has 16 heavy (non-hydrogen) atoms. The predicted octanol–water partition coefficient (Wildman–Crippen LogP) is 2.18. The highest BCUT2D eigenvalue weighted by atomic mass is 32.1. The molecule has 1 fully saturated rings. The molecule has 1 aromatic heterocycles. The first kappa shape index (κ1) is 10.0. The molecule has 1 saturated heterocycles. The van der Waals surface area contributed by atoms with Gasteiger partial charge in [0.1, 0.15) is 0 Å². The van der Waals surface area contributed by atoms with Gasteiger partial charge in [-0.3, -0.25) is 9.59 Å². The van der Waals surface area contributed by atoms with Gasteiger partial charge in [0, 0.05) is 4.88 Å². The van der Waals surface area contributed by atoms with E-state index in [0.717, 1.165) is 18.4 Å². The summed E-state index contributed by atoms with van der Waals surface area (Å²) >= 11 is 1.72. The van der Waals surface area contributed by atoms with E-state index in [4.69, 9.17) is 0 Å². The molecule has 3 rings (SSSR count). The Balaban J connectivity index is 1.97. The average molecular weight is 236 g/mol. The third-order valence-corrected chi connectivity index (χ3v) is 4.45. The summed E-state index contributed by atoms with van der Waals surface area (Å²) < 4.78 is 4.62. The molecule has 0 saturated carbocycles. The second-order valence-electron chi connectivity index (χ2n) is 4.35. The smallest absolute Gasteiger partial charge is 0.321 e. The minimum absolute atomic E-state index is 0.224.